The summed E-state index contributed by atoms with van der Waals surface area (Å²) in [5, 5.41) is 62.4. The number of aliphatic hydroxyl groups excluding tert-OH is 3. The normalized spacial score (nSPS) is 24.9. The number of nitro benzene ring substituents is 1. The second kappa shape index (κ2) is 9.93. The van der Waals surface area contributed by atoms with Gasteiger partial charge < -0.3 is 30.0 Å². The van der Waals surface area contributed by atoms with E-state index in [0.717, 1.165) is 17.8 Å². The molecule has 178 valence electrons. The minimum absolute atomic E-state index is 0.00263. The van der Waals surface area contributed by atoms with Crippen LogP contribution in [0.1, 0.15) is 11.6 Å². The zero-order valence-corrected chi connectivity index (χ0v) is 17.5. The van der Waals surface area contributed by atoms with Gasteiger partial charge in [-0.3, -0.25) is 10.1 Å². The van der Waals surface area contributed by atoms with E-state index in [4.69, 9.17) is 14.7 Å². The molecule has 1 fully saturated rings. The van der Waals surface area contributed by atoms with Gasteiger partial charge in [0.1, 0.15) is 35.8 Å². The number of oxime groups is 1. The molecule has 0 aliphatic carbocycles. The summed E-state index contributed by atoms with van der Waals surface area (Å²) in [5.41, 5.74) is 1.05. The molecule has 5 atom stereocenters. The highest BCUT2D eigenvalue weighted by Crippen LogP contribution is 2.33. The molecular weight excluding hydrogens is 450 g/mol. The molecule has 3 aromatic rings. The van der Waals surface area contributed by atoms with E-state index >= 15 is 0 Å². The summed E-state index contributed by atoms with van der Waals surface area (Å²) in [4.78, 5) is 10.4. The number of non-ortho nitro benzene ring substituents is 1. The first-order chi connectivity index (χ1) is 16.4. The summed E-state index contributed by atoms with van der Waals surface area (Å²) in [6.45, 7) is -0.588. The Labute approximate surface area is 192 Å². The first-order valence-electron chi connectivity index (χ1n) is 10.1. The number of ether oxygens (including phenoxy) is 2. The van der Waals surface area contributed by atoms with E-state index in [0.29, 0.717) is 5.69 Å². The molecule has 4 rings (SSSR count). The zero-order valence-electron chi connectivity index (χ0n) is 17.5. The molecule has 4 N–H and O–H groups in total. The van der Waals surface area contributed by atoms with Crippen LogP contribution in [0.25, 0.3) is 11.3 Å². The first-order valence-corrected chi connectivity index (χ1v) is 10.1. The summed E-state index contributed by atoms with van der Waals surface area (Å²) in [7, 11) is 0. The second-order valence-electron chi connectivity index (χ2n) is 7.49. The van der Waals surface area contributed by atoms with E-state index in [2.05, 4.69) is 15.5 Å². The molecule has 0 spiro atoms. The van der Waals surface area contributed by atoms with Crippen molar-refractivity contribution >= 4 is 11.9 Å². The predicted molar refractivity (Wildman–Crippen MR) is 115 cm³/mol. The number of hydrogen-bond donors (Lipinski definition) is 4. The van der Waals surface area contributed by atoms with Gasteiger partial charge in [0.15, 0.2) is 0 Å². The number of nitrogens with zero attached hydrogens (tertiary/aromatic N) is 5. The maximum atomic E-state index is 11.1. The fourth-order valence-corrected chi connectivity index (χ4v) is 3.69. The number of benzene rings is 2. The molecule has 13 nitrogen and oxygen atoms in total. The van der Waals surface area contributed by atoms with Crippen molar-refractivity contribution in [1.29, 1.82) is 0 Å². The number of aliphatic hydroxyl groups is 3. The van der Waals surface area contributed by atoms with Crippen LogP contribution in [-0.2, 0) is 4.74 Å². The van der Waals surface area contributed by atoms with Crippen LogP contribution in [-0.4, -0.2) is 77.9 Å². The van der Waals surface area contributed by atoms with Crippen molar-refractivity contribution in [3.05, 3.63) is 70.4 Å². The van der Waals surface area contributed by atoms with E-state index in [9.17, 15) is 25.4 Å². The van der Waals surface area contributed by atoms with Crippen molar-refractivity contribution in [2.75, 3.05) is 6.61 Å². The fraction of sp³-hybridized carbons (Fsp3) is 0.286. The lowest BCUT2D eigenvalue weighted by atomic mass is 9.96. The van der Waals surface area contributed by atoms with Gasteiger partial charge in [-0.1, -0.05) is 40.7 Å². The third kappa shape index (κ3) is 4.58. The average Bonchev–Trinajstić information content (AvgIpc) is 3.32. The average molecular weight is 471 g/mol. The summed E-state index contributed by atoms with van der Waals surface area (Å²) >= 11 is 0. The molecule has 0 saturated carbocycles. The largest absolute Gasteiger partial charge is 0.461 e. The van der Waals surface area contributed by atoms with Gasteiger partial charge in [-0.15, -0.1) is 5.10 Å². The van der Waals surface area contributed by atoms with E-state index < -0.39 is 42.2 Å². The Morgan fingerprint density at radius 3 is 2.65 bits per heavy atom. The Balaban J connectivity index is 1.64. The van der Waals surface area contributed by atoms with Crippen molar-refractivity contribution in [3.63, 3.8) is 0 Å². The minimum atomic E-state index is -1.49. The van der Waals surface area contributed by atoms with Crippen LogP contribution in [0.2, 0.25) is 0 Å². The summed E-state index contributed by atoms with van der Waals surface area (Å²) in [6.07, 6.45) is -2.94. The third-order valence-electron chi connectivity index (χ3n) is 5.38. The van der Waals surface area contributed by atoms with Crippen LogP contribution >= 0.6 is 0 Å². The van der Waals surface area contributed by atoms with Crippen molar-refractivity contribution in [1.82, 2.24) is 15.0 Å². The highest BCUT2D eigenvalue weighted by Gasteiger charge is 2.47. The SMILES string of the molecule is O=[N+]([O-])c1ccc(O[C@@H]2O[C@H](CO)[C@H](O)[C@H](n3cc(-c4ccccc4)nn3)[C@H]2O)c(/C=N/O)c1. The maximum absolute atomic E-state index is 11.1. The summed E-state index contributed by atoms with van der Waals surface area (Å²) in [5.74, 6) is 0.00263. The highest BCUT2D eigenvalue weighted by molar-refractivity contribution is 5.84. The van der Waals surface area contributed by atoms with Gasteiger partial charge in [-0.2, -0.15) is 0 Å². The van der Waals surface area contributed by atoms with Crippen LogP contribution < -0.4 is 4.74 Å². The van der Waals surface area contributed by atoms with Crippen LogP contribution in [0.4, 0.5) is 5.69 Å². The van der Waals surface area contributed by atoms with Gasteiger partial charge in [0, 0.05) is 23.3 Å². The molecule has 0 unspecified atom stereocenters. The van der Waals surface area contributed by atoms with Crippen LogP contribution in [0.3, 0.4) is 0 Å². The monoisotopic (exact) mass is 471 g/mol. The molecular formula is C21H21N5O8. The molecule has 34 heavy (non-hydrogen) atoms. The Kier molecular flexibility index (Phi) is 6.79. The van der Waals surface area contributed by atoms with E-state index in [1.165, 1.54) is 16.8 Å². The summed E-state index contributed by atoms with van der Waals surface area (Å²) in [6, 6.07) is 11.6. The second-order valence-corrected chi connectivity index (χ2v) is 7.49. The zero-order chi connectivity index (χ0) is 24.2. The number of nitro groups is 1. The summed E-state index contributed by atoms with van der Waals surface area (Å²) < 4.78 is 12.5. The Morgan fingerprint density at radius 2 is 1.97 bits per heavy atom. The Hall–Kier alpha value is -3.91. The van der Waals surface area contributed by atoms with E-state index in [-0.39, 0.29) is 17.0 Å². The Bertz CT molecular complexity index is 1170. The van der Waals surface area contributed by atoms with Gasteiger partial charge in [0.05, 0.1) is 23.9 Å². The fourth-order valence-electron chi connectivity index (χ4n) is 3.69. The quantitative estimate of drug-likeness (QED) is 0.166. The smallest absolute Gasteiger partial charge is 0.270 e. The number of hydrogen-bond acceptors (Lipinski definition) is 11. The van der Waals surface area contributed by atoms with Gasteiger partial charge in [-0.05, 0) is 6.07 Å². The van der Waals surface area contributed by atoms with Crippen LogP contribution in [0.5, 0.6) is 5.75 Å². The molecule has 2 heterocycles. The van der Waals surface area contributed by atoms with Crippen molar-refractivity contribution in [2.45, 2.75) is 30.6 Å². The topological polar surface area (TPSA) is 186 Å². The van der Waals surface area contributed by atoms with Crippen LogP contribution in [0, 0.1) is 10.1 Å². The molecule has 1 saturated heterocycles. The van der Waals surface area contributed by atoms with Crippen LogP contribution in [0.15, 0.2) is 59.9 Å². The predicted octanol–water partition coefficient (Wildman–Crippen LogP) is 0.720. The molecule has 2 aromatic carbocycles. The van der Waals surface area contributed by atoms with Gasteiger partial charge >= 0.3 is 0 Å². The van der Waals surface area contributed by atoms with Gasteiger partial charge in [-0.25, -0.2) is 4.68 Å². The maximum Gasteiger partial charge on any atom is 0.270 e. The first kappa shape index (κ1) is 23.3. The standard InChI is InChI=1S/C21H21N5O8/c27-11-17-19(28)18(25-10-15(23-24-25)12-4-2-1-3-5-12)20(29)21(34-17)33-16-7-6-14(26(31)32)8-13(16)9-22-30/h1-10,17-21,27-30H,11H2/b22-9+/t17-,18+,19+,20-,21-/m1/s1. The van der Waals surface area contributed by atoms with Gasteiger partial charge in [0.25, 0.3) is 5.69 Å². The molecule has 0 radical (unpaired) electrons. The molecule has 13 heteroatoms. The lowest BCUT2D eigenvalue weighted by molar-refractivity contribution is -0.384. The van der Waals surface area contributed by atoms with E-state index in [1.807, 2.05) is 30.3 Å². The van der Waals surface area contributed by atoms with Crippen molar-refractivity contribution < 1.29 is 34.9 Å². The molecule has 1 aliphatic rings. The molecule has 0 bridgehead atoms. The Morgan fingerprint density at radius 1 is 1.21 bits per heavy atom. The van der Waals surface area contributed by atoms with Gasteiger partial charge in [0.2, 0.25) is 6.29 Å². The lowest BCUT2D eigenvalue weighted by Crippen LogP contribution is -2.57. The lowest BCUT2D eigenvalue weighted by Gasteiger charge is -2.41. The third-order valence-corrected chi connectivity index (χ3v) is 5.38. The molecule has 1 aromatic heterocycles. The number of aromatic nitrogens is 3. The highest BCUT2D eigenvalue weighted by atomic mass is 16.7. The van der Waals surface area contributed by atoms with Crippen molar-refractivity contribution in [2.24, 2.45) is 5.16 Å². The molecule has 1 aliphatic heterocycles. The van der Waals surface area contributed by atoms with Crippen molar-refractivity contribution in [3.8, 4) is 17.0 Å². The molecule has 0 amide bonds. The number of rotatable bonds is 7. The van der Waals surface area contributed by atoms with E-state index in [1.54, 1.807) is 6.20 Å². The minimum Gasteiger partial charge on any atom is -0.461 e.